The Balaban J connectivity index is -0.000000409. The van der Waals surface area contributed by atoms with Gasteiger partial charge in [0.15, 0.2) is 0 Å². The van der Waals surface area contributed by atoms with E-state index < -0.39 is 6.10 Å². The molecule has 0 saturated carbocycles. The summed E-state index contributed by atoms with van der Waals surface area (Å²) in [6.45, 7) is 28.1. The second kappa shape index (κ2) is 25.4. The SMILES string of the molecule is C=C.C=C(C)c1ccc(C(C)O)cn1.C=C/C(C)=C\C.CC=NC.CCNc1ccc(CC)cc1. The van der Waals surface area contributed by atoms with Crippen LogP contribution in [0.3, 0.4) is 0 Å². The summed E-state index contributed by atoms with van der Waals surface area (Å²) >= 11 is 0. The number of aromatic nitrogens is 1. The lowest BCUT2D eigenvalue weighted by Gasteiger charge is -2.04. The summed E-state index contributed by atoms with van der Waals surface area (Å²) in [5.74, 6) is 0. The van der Waals surface area contributed by atoms with Gasteiger partial charge in [0, 0.05) is 25.5 Å². The third-order valence-corrected chi connectivity index (χ3v) is 4.48. The van der Waals surface area contributed by atoms with Gasteiger partial charge < -0.3 is 15.4 Å². The van der Waals surface area contributed by atoms with Crippen molar-refractivity contribution >= 4 is 17.5 Å². The number of hydrogen-bond acceptors (Lipinski definition) is 4. The summed E-state index contributed by atoms with van der Waals surface area (Å²) in [7, 11) is 1.75. The van der Waals surface area contributed by atoms with Gasteiger partial charge in [0.2, 0.25) is 0 Å². The molecule has 194 valence electrons. The Morgan fingerprint density at radius 1 is 1.09 bits per heavy atom. The van der Waals surface area contributed by atoms with Gasteiger partial charge in [-0.25, -0.2) is 0 Å². The van der Waals surface area contributed by atoms with Gasteiger partial charge >= 0.3 is 0 Å². The van der Waals surface area contributed by atoms with Crippen molar-refractivity contribution in [2.75, 3.05) is 18.9 Å². The number of aliphatic imine (C=N–C) groups is 1. The van der Waals surface area contributed by atoms with Crippen LogP contribution in [0, 0.1) is 0 Å². The summed E-state index contributed by atoms with van der Waals surface area (Å²) < 4.78 is 0. The minimum Gasteiger partial charge on any atom is -0.389 e. The molecule has 4 heteroatoms. The number of aliphatic hydroxyl groups is 1. The quantitative estimate of drug-likeness (QED) is 0.248. The third-order valence-electron chi connectivity index (χ3n) is 4.48. The number of nitrogens with zero attached hydrogens (tertiary/aromatic N) is 2. The lowest BCUT2D eigenvalue weighted by atomic mass is 10.1. The van der Waals surface area contributed by atoms with Crippen molar-refractivity contribution < 1.29 is 5.11 Å². The second-order valence-electron chi connectivity index (χ2n) is 7.27. The maximum Gasteiger partial charge on any atom is 0.0776 e. The number of nitrogens with one attached hydrogen (secondary N) is 1. The fourth-order valence-corrected chi connectivity index (χ4v) is 2.09. The van der Waals surface area contributed by atoms with Crippen LogP contribution < -0.4 is 5.32 Å². The maximum atomic E-state index is 9.19. The average Bonchev–Trinajstić information content (AvgIpc) is 2.90. The summed E-state index contributed by atoms with van der Waals surface area (Å²) in [5.41, 5.74) is 6.48. The van der Waals surface area contributed by atoms with Crippen molar-refractivity contribution in [2.45, 2.75) is 61.0 Å². The van der Waals surface area contributed by atoms with Crippen LogP contribution in [0.15, 0.2) is 91.6 Å². The normalized spacial score (nSPS) is 10.5. The summed E-state index contributed by atoms with van der Waals surface area (Å²) in [6, 6.07) is 12.3. The van der Waals surface area contributed by atoms with E-state index in [2.05, 4.69) is 79.7 Å². The highest BCUT2D eigenvalue weighted by atomic mass is 16.3. The minimum atomic E-state index is -0.448. The van der Waals surface area contributed by atoms with E-state index in [0.717, 1.165) is 29.8 Å². The highest BCUT2D eigenvalue weighted by Crippen LogP contribution is 2.13. The van der Waals surface area contributed by atoms with Gasteiger partial charge in [0.1, 0.15) is 0 Å². The molecule has 0 radical (unpaired) electrons. The maximum absolute atomic E-state index is 9.19. The van der Waals surface area contributed by atoms with E-state index in [1.807, 2.05) is 52.0 Å². The minimum absolute atomic E-state index is 0.448. The van der Waals surface area contributed by atoms with Crippen LogP contribution in [0.1, 0.15) is 71.4 Å². The van der Waals surface area contributed by atoms with E-state index in [9.17, 15) is 5.11 Å². The predicted molar refractivity (Wildman–Crippen MR) is 161 cm³/mol. The number of pyridine rings is 1. The molecule has 1 unspecified atom stereocenters. The highest BCUT2D eigenvalue weighted by Gasteiger charge is 2.00. The summed E-state index contributed by atoms with van der Waals surface area (Å²) in [6.07, 6.45) is 7.95. The molecule has 2 rings (SSSR count). The number of aryl methyl sites for hydroxylation is 1. The van der Waals surface area contributed by atoms with Crippen molar-refractivity contribution in [2.24, 2.45) is 4.99 Å². The molecule has 4 nitrogen and oxygen atoms in total. The van der Waals surface area contributed by atoms with Crippen LogP contribution >= 0.6 is 0 Å². The molecule has 2 aromatic rings. The van der Waals surface area contributed by atoms with Gasteiger partial charge in [-0.2, -0.15) is 0 Å². The Labute approximate surface area is 216 Å². The molecule has 35 heavy (non-hydrogen) atoms. The molecule has 0 aliphatic heterocycles. The Hall–Kier alpha value is -3.24. The molecule has 2 N–H and O–H groups in total. The van der Waals surface area contributed by atoms with Crippen LogP contribution in [0.5, 0.6) is 0 Å². The first-order chi connectivity index (χ1) is 16.7. The molecule has 0 saturated heterocycles. The number of anilines is 1. The van der Waals surface area contributed by atoms with Crippen molar-refractivity contribution in [3.63, 3.8) is 0 Å². The van der Waals surface area contributed by atoms with E-state index in [1.165, 1.54) is 16.8 Å². The zero-order chi connectivity index (χ0) is 27.6. The fraction of sp³-hybridized carbons (Fsp3) is 0.355. The van der Waals surface area contributed by atoms with Crippen LogP contribution in [0.4, 0.5) is 5.69 Å². The molecule has 0 aliphatic carbocycles. The Kier molecular flexibility index (Phi) is 26.3. The van der Waals surface area contributed by atoms with Crippen LogP contribution in [0.2, 0.25) is 0 Å². The topological polar surface area (TPSA) is 57.5 Å². The molecule has 0 fully saturated rings. The first-order valence-corrected chi connectivity index (χ1v) is 11.9. The van der Waals surface area contributed by atoms with Crippen LogP contribution in [0.25, 0.3) is 5.57 Å². The first kappa shape index (κ1) is 36.3. The Morgan fingerprint density at radius 3 is 1.89 bits per heavy atom. The standard InChI is InChI=1S/C10H13NO.C10H15N.C6H10.C3H7N.C2H4/c1-7(2)10-5-4-9(6-11-10)8(3)12;1-3-9-5-7-10(8-6-9)11-4-2;1-4-6(3)5-2;1-3-4-2;1-2/h4-6,8,12H,1H2,2-3H3;5-8,11H,3-4H2,1-2H3;4-5H,1H2,2-3H3;3H,1-2H3;1-2H2/b;;6-5-;;. The second-order valence-corrected chi connectivity index (χ2v) is 7.27. The molecular weight excluding hydrogens is 430 g/mol. The first-order valence-electron chi connectivity index (χ1n) is 11.9. The Bertz CT molecular complexity index is 829. The molecule has 1 aromatic carbocycles. The zero-order valence-electron chi connectivity index (χ0n) is 23.4. The number of rotatable bonds is 6. The van der Waals surface area contributed by atoms with Gasteiger partial charge in [0.05, 0.1) is 11.8 Å². The van der Waals surface area contributed by atoms with Crippen molar-refractivity contribution in [3.8, 4) is 0 Å². The molecule has 0 aliphatic rings. The summed E-state index contributed by atoms with van der Waals surface area (Å²) in [5, 5.41) is 12.4. The molecule has 1 heterocycles. The largest absolute Gasteiger partial charge is 0.389 e. The molecule has 1 aromatic heterocycles. The van der Waals surface area contributed by atoms with Crippen LogP contribution in [-0.4, -0.2) is 29.9 Å². The molecule has 0 spiro atoms. The smallest absolute Gasteiger partial charge is 0.0776 e. The molecule has 1 atom stereocenters. The van der Waals surface area contributed by atoms with Crippen molar-refractivity contribution in [1.29, 1.82) is 0 Å². The van der Waals surface area contributed by atoms with E-state index in [-0.39, 0.29) is 0 Å². The highest BCUT2D eigenvalue weighted by molar-refractivity contribution is 5.57. The third kappa shape index (κ3) is 21.1. The van der Waals surface area contributed by atoms with Crippen LogP contribution in [-0.2, 0) is 6.42 Å². The molecule has 0 amide bonds. The van der Waals surface area contributed by atoms with Crippen molar-refractivity contribution in [3.05, 3.63) is 103 Å². The van der Waals surface area contributed by atoms with Crippen molar-refractivity contribution in [1.82, 2.24) is 4.98 Å². The number of allylic oxidation sites excluding steroid dienone is 4. The van der Waals surface area contributed by atoms with E-state index in [4.69, 9.17) is 0 Å². The van der Waals surface area contributed by atoms with Gasteiger partial charge in [-0.15, -0.1) is 13.2 Å². The zero-order valence-corrected chi connectivity index (χ0v) is 23.4. The average molecular weight is 480 g/mol. The van der Waals surface area contributed by atoms with Gasteiger partial charge in [-0.3, -0.25) is 4.98 Å². The molecular formula is C31H49N3O. The van der Waals surface area contributed by atoms with E-state index in [0.29, 0.717) is 0 Å². The lowest BCUT2D eigenvalue weighted by Crippen LogP contribution is -1.95. The van der Waals surface area contributed by atoms with Gasteiger partial charge in [0.25, 0.3) is 0 Å². The van der Waals surface area contributed by atoms with Gasteiger partial charge in [-0.1, -0.05) is 56.0 Å². The number of hydrogen-bond donors (Lipinski definition) is 2. The van der Waals surface area contributed by atoms with E-state index >= 15 is 0 Å². The summed E-state index contributed by atoms with van der Waals surface area (Å²) in [4.78, 5) is 7.75. The fourth-order valence-electron chi connectivity index (χ4n) is 2.09. The van der Waals surface area contributed by atoms with E-state index in [1.54, 1.807) is 26.4 Å². The predicted octanol–water partition coefficient (Wildman–Crippen LogP) is 8.50. The van der Waals surface area contributed by atoms with Gasteiger partial charge in [-0.05, 0) is 89.1 Å². The number of benzene rings is 1. The number of aliphatic hydroxyl groups excluding tert-OH is 1. The lowest BCUT2D eigenvalue weighted by molar-refractivity contribution is 0.199. The Morgan fingerprint density at radius 2 is 1.63 bits per heavy atom. The molecule has 0 bridgehead atoms. The monoisotopic (exact) mass is 479 g/mol.